The van der Waals surface area contributed by atoms with Gasteiger partial charge in [0, 0.05) is 25.7 Å². The molecule has 0 spiro atoms. The van der Waals surface area contributed by atoms with Crippen LogP contribution < -0.4 is 9.64 Å². The van der Waals surface area contributed by atoms with Gasteiger partial charge in [-0.3, -0.25) is 4.79 Å². The van der Waals surface area contributed by atoms with Gasteiger partial charge >= 0.3 is 12.4 Å². The molecule has 2 aromatic rings. The van der Waals surface area contributed by atoms with E-state index in [0.29, 0.717) is 24.9 Å². The summed E-state index contributed by atoms with van der Waals surface area (Å²) in [6, 6.07) is 4.96. The summed E-state index contributed by atoms with van der Waals surface area (Å²) in [6.07, 6.45) is -4.74. The van der Waals surface area contributed by atoms with Crippen LogP contribution in [-0.2, 0) is 12.4 Å². The highest BCUT2D eigenvalue weighted by Crippen LogP contribution is 2.34. The predicted molar refractivity (Wildman–Crippen MR) is 106 cm³/mol. The Morgan fingerprint density at radius 3 is 2.25 bits per heavy atom. The highest BCUT2D eigenvalue weighted by molar-refractivity contribution is 5.79. The average Bonchev–Trinajstić information content (AvgIpc) is 2.97. The van der Waals surface area contributed by atoms with Crippen LogP contribution in [0.5, 0.6) is 5.75 Å². The van der Waals surface area contributed by atoms with Gasteiger partial charge in [-0.1, -0.05) is 6.42 Å². The number of alkyl halides is 6. The zero-order valence-corrected chi connectivity index (χ0v) is 17.2. The highest BCUT2D eigenvalue weighted by Gasteiger charge is 2.33. The molecule has 0 amide bonds. The Kier molecular flexibility index (Phi) is 7.00. The normalized spacial score (nSPS) is 19.8. The van der Waals surface area contributed by atoms with E-state index in [-0.39, 0.29) is 23.5 Å². The average molecular weight is 460 g/mol. The number of ether oxygens (including phenoxy) is 1. The Labute approximate surface area is 181 Å². The van der Waals surface area contributed by atoms with Crippen LogP contribution in [0.15, 0.2) is 36.5 Å². The van der Waals surface area contributed by atoms with Gasteiger partial charge in [0.05, 0.1) is 16.7 Å². The predicted octanol–water partition coefficient (Wildman–Crippen LogP) is 6.15. The van der Waals surface area contributed by atoms with Crippen molar-refractivity contribution < 1.29 is 35.9 Å². The quantitative estimate of drug-likeness (QED) is 0.305. The van der Waals surface area contributed by atoms with Gasteiger partial charge in [-0.05, 0) is 49.6 Å². The molecule has 3 rings (SSSR count). The third-order valence-electron chi connectivity index (χ3n) is 5.59. The zero-order chi connectivity index (χ0) is 23.5. The second kappa shape index (κ2) is 9.38. The third-order valence-corrected chi connectivity index (χ3v) is 5.59. The van der Waals surface area contributed by atoms with Crippen LogP contribution in [0.3, 0.4) is 0 Å². The molecule has 174 valence electrons. The van der Waals surface area contributed by atoms with Crippen LogP contribution in [0.4, 0.5) is 32.2 Å². The fourth-order valence-corrected chi connectivity index (χ4v) is 3.80. The molecule has 0 aliphatic heterocycles. The maximum Gasteiger partial charge on any atom is 0.417 e. The minimum atomic E-state index is -4.57. The lowest BCUT2D eigenvalue weighted by molar-refractivity contribution is -0.138. The number of nitrogens with zero attached hydrogens (tertiary/aromatic N) is 2. The maximum atomic E-state index is 12.9. The van der Waals surface area contributed by atoms with E-state index in [4.69, 9.17) is 4.74 Å². The van der Waals surface area contributed by atoms with Gasteiger partial charge in [0.15, 0.2) is 6.29 Å². The molecule has 2 unspecified atom stereocenters. The van der Waals surface area contributed by atoms with Crippen LogP contribution in [0.25, 0.3) is 0 Å². The third kappa shape index (κ3) is 5.72. The van der Waals surface area contributed by atoms with Gasteiger partial charge in [-0.15, -0.1) is 0 Å². The summed E-state index contributed by atoms with van der Waals surface area (Å²) in [5.74, 6) is 0.459. The van der Waals surface area contributed by atoms with Crippen molar-refractivity contribution in [3.8, 4) is 5.75 Å². The van der Waals surface area contributed by atoms with E-state index >= 15 is 0 Å². The number of aromatic nitrogens is 1. The first kappa shape index (κ1) is 23.9. The van der Waals surface area contributed by atoms with Gasteiger partial charge < -0.3 is 9.64 Å². The molecule has 32 heavy (non-hydrogen) atoms. The van der Waals surface area contributed by atoms with Crippen LogP contribution in [0, 0.1) is 0 Å². The van der Waals surface area contributed by atoms with E-state index in [1.54, 1.807) is 11.9 Å². The van der Waals surface area contributed by atoms with Gasteiger partial charge in [0.25, 0.3) is 0 Å². The Hall–Kier alpha value is -2.78. The van der Waals surface area contributed by atoms with E-state index in [1.165, 1.54) is 6.07 Å². The Morgan fingerprint density at radius 1 is 1.00 bits per heavy atom. The molecule has 1 saturated carbocycles. The molecular weight excluding hydrogens is 438 g/mol. The molecule has 1 heterocycles. The van der Waals surface area contributed by atoms with Gasteiger partial charge in [-0.25, -0.2) is 4.98 Å². The molecule has 0 radical (unpaired) electrons. The van der Waals surface area contributed by atoms with Crippen molar-refractivity contribution in [1.29, 1.82) is 0 Å². The number of carbonyl (C=O) groups excluding carboxylic acids is 1. The van der Waals surface area contributed by atoms with Crippen molar-refractivity contribution >= 4 is 12.1 Å². The minimum absolute atomic E-state index is 0.0777. The SMILES string of the molecule is CN(c1ccc(C(F)(F)F)cn1)C1CCCCC(Oc2ccc(C(F)(F)F)cc2C=O)C1. The molecule has 0 saturated heterocycles. The molecule has 1 aromatic heterocycles. The van der Waals surface area contributed by atoms with Crippen molar-refractivity contribution in [1.82, 2.24) is 4.98 Å². The van der Waals surface area contributed by atoms with Crippen molar-refractivity contribution in [3.05, 3.63) is 53.2 Å². The zero-order valence-electron chi connectivity index (χ0n) is 17.2. The Morgan fingerprint density at radius 2 is 1.66 bits per heavy atom. The van der Waals surface area contributed by atoms with Crippen LogP contribution in [0.2, 0.25) is 0 Å². The monoisotopic (exact) mass is 460 g/mol. The van der Waals surface area contributed by atoms with Crippen molar-refractivity contribution in [2.45, 2.75) is 56.6 Å². The summed E-state index contributed by atoms with van der Waals surface area (Å²) in [5.41, 5.74) is -1.95. The first-order valence-corrected chi connectivity index (χ1v) is 10.1. The summed E-state index contributed by atoms with van der Waals surface area (Å²) in [7, 11) is 1.73. The minimum Gasteiger partial charge on any atom is -0.490 e. The molecular formula is C22H22F6N2O2. The first-order valence-electron chi connectivity index (χ1n) is 10.1. The fraction of sp³-hybridized carbons (Fsp3) is 0.455. The standard InChI is InChI=1S/C22H22F6N2O2/c1-30(20-9-7-16(12-29-20)22(26,27)28)17-4-2-3-5-18(11-17)32-19-8-6-15(21(23,24)25)10-14(19)13-31/h6-10,12-13,17-18H,2-5,11H2,1H3. The van der Waals surface area contributed by atoms with Crippen LogP contribution in [0.1, 0.15) is 53.6 Å². The van der Waals surface area contributed by atoms with Gasteiger partial charge in [0.2, 0.25) is 0 Å². The van der Waals surface area contributed by atoms with E-state index in [9.17, 15) is 31.1 Å². The number of pyridine rings is 1. The molecule has 1 aliphatic carbocycles. The smallest absolute Gasteiger partial charge is 0.417 e. The number of aldehydes is 1. The molecule has 2 atom stereocenters. The number of halogens is 6. The number of anilines is 1. The molecule has 0 N–H and O–H groups in total. The van der Waals surface area contributed by atoms with Crippen molar-refractivity contribution in [3.63, 3.8) is 0 Å². The molecule has 1 aromatic carbocycles. The van der Waals surface area contributed by atoms with Crippen molar-refractivity contribution in [2.24, 2.45) is 0 Å². The van der Waals surface area contributed by atoms with E-state index < -0.39 is 23.5 Å². The van der Waals surface area contributed by atoms with E-state index in [1.807, 2.05) is 0 Å². The Balaban J connectivity index is 1.74. The second-order valence-electron chi connectivity index (χ2n) is 7.80. The number of hydrogen-bond acceptors (Lipinski definition) is 4. The number of carbonyl (C=O) groups is 1. The lowest BCUT2D eigenvalue weighted by atomic mass is 10.1. The fourth-order valence-electron chi connectivity index (χ4n) is 3.80. The molecule has 1 fully saturated rings. The van der Waals surface area contributed by atoms with Crippen molar-refractivity contribution in [2.75, 3.05) is 11.9 Å². The number of hydrogen-bond donors (Lipinski definition) is 0. The largest absolute Gasteiger partial charge is 0.490 e. The lowest BCUT2D eigenvalue weighted by Crippen LogP contribution is -2.35. The Bertz CT molecular complexity index is 927. The lowest BCUT2D eigenvalue weighted by Gasteiger charge is -2.30. The summed E-state index contributed by atoms with van der Waals surface area (Å²) in [4.78, 5) is 17.0. The first-order chi connectivity index (χ1) is 15.0. The van der Waals surface area contributed by atoms with Crippen LogP contribution in [-0.4, -0.2) is 30.5 Å². The van der Waals surface area contributed by atoms with E-state index in [0.717, 1.165) is 49.7 Å². The summed E-state index contributed by atoms with van der Waals surface area (Å²) >= 11 is 0. The van der Waals surface area contributed by atoms with Crippen LogP contribution >= 0.6 is 0 Å². The van der Waals surface area contributed by atoms with Gasteiger partial charge in [-0.2, -0.15) is 26.3 Å². The summed E-state index contributed by atoms with van der Waals surface area (Å²) in [5, 5.41) is 0. The molecule has 10 heteroatoms. The topological polar surface area (TPSA) is 42.4 Å². The summed E-state index contributed by atoms with van der Waals surface area (Å²) < 4.78 is 83.0. The molecule has 0 bridgehead atoms. The summed E-state index contributed by atoms with van der Waals surface area (Å²) in [6.45, 7) is 0. The maximum absolute atomic E-state index is 12.9. The second-order valence-corrected chi connectivity index (χ2v) is 7.80. The van der Waals surface area contributed by atoms with E-state index in [2.05, 4.69) is 4.98 Å². The molecule has 1 aliphatic rings. The van der Waals surface area contributed by atoms with Gasteiger partial charge in [0.1, 0.15) is 17.7 Å². The number of benzene rings is 1. The number of rotatable bonds is 5. The highest BCUT2D eigenvalue weighted by atomic mass is 19.4. The molecule has 4 nitrogen and oxygen atoms in total.